The van der Waals surface area contributed by atoms with E-state index >= 15 is 0 Å². The van der Waals surface area contributed by atoms with E-state index in [0.717, 1.165) is 0 Å². The smallest absolute Gasteiger partial charge is 0.416 e. The minimum Gasteiger partial charge on any atom is -0.452 e. The van der Waals surface area contributed by atoms with Crippen molar-refractivity contribution in [2.24, 2.45) is 0 Å². The topological polar surface area (TPSA) is 68.3 Å². The average molecular weight is 392 g/mol. The number of hydrogen-bond acceptors (Lipinski definition) is 4. The molecule has 0 aliphatic carbocycles. The lowest BCUT2D eigenvalue weighted by atomic mass is 10.1. The molecule has 0 saturated heterocycles. The average Bonchev–Trinajstić information content (AvgIpc) is 2.58. The third kappa shape index (κ3) is 5.69. The van der Waals surface area contributed by atoms with E-state index in [0.29, 0.717) is 12.1 Å². The molecular weight excluding hydrogens is 382 g/mol. The first-order valence-electron chi connectivity index (χ1n) is 7.13. The monoisotopic (exact) mass is 392 g/mol. The Morgan fingerprint density at radius 1 is 0.926 bits per heavy atom. The summed E-state index contributed by atoms with van der Waals surface area (Å²) < 4.78 is 81.2. The Labute approximate surface area is 148 Å². The molecule has 0 saturated carbocycles. The largest absolute Gasteiger partial charge is 0.452 e. The molecule has 1 aromatic carbocycles. The Hall–Kier alpha value is -3.11. The van der Waals surface area contributed by atoms with Crippen LogP contribution in [0.25, 0.3) is 0 Å². The minimum atomic E-state index is -5.05. The standard InChI is InChI=1S/C16H10F6N2O3/c17-15(18,19)10-5-11(16(20,21)22)7-12(6-10)24-13(25)8-27-14(26)9-1-3-23-4-2-9/h1-7H,8H2,(H,24,25). The molecule has 5 nitrogen and oxygen atoms in total. The number of nitrogens with one attached hydrogen (secondary N) is 1. The summed E-state index contributed by atoms with van der Waals surface area (Å²) in [6.45, 7) is -0.904. The van der Waals surface area contributed by atoms with Crippen LogP contribution in [0.3, 0.4) is 0 Å². The Morgan fingerprint density at radius 2 is 1.44 bits per heavy atom. The molecule has 1 aromatic heterocycles. The van der Waals surface area contributed by atoms with Gasteiger partial charge in [0.15, 0.2) is 6.61 Å². The third-order valence-corrected chi connectivity index (χ3v) is 3.12. The van der Waals surface area contributed by atoms with Gasteiger partial charge < -0.3 is 10.1 Å². The highest BCUT2D eigenvalue weighted by Crippen LogP contribution is 2.37. The first-order chi connectivity index (χ1) is 12.5. The van der Waals surface area contributed by atoms with Gasteiger partial charge in [-0.3, -0.25) is 9.78 Å². The summed E-state index contributed by atoms with van der Waals surface area (Å²) in [5, 5.41) is 1.85. The van der Waals surface area contributed by atoms with Crippen LogP contribution in [0.1, 0.15) is 21.5 Å². The molecule has 0 spiro atoms. The number of ether oxygens (including phenoxy) is 1. The number of carbonyl (C=O) groups excluding carboxylic acids is 2. The van der Waals surface area contributed by atoms with E-state index in [1.54, 1.807) is 0 Å². The molecule has 0 fully saturated rings. The van der Waals surface area contributed by atoms with Crippen LogP contribution in [-0.4, -0.2) is 23.5 Å². The van der Waals surface area contributed by atoms with Gasteiger partial charge in [0.2, 0.25) is 0 Å². The Bertz CT molecular complexity index is 802. The first-order valence-corrected chi connectivity index (χ1v) is 7.13. The van der Waals surface area contributed by atoms with Crippen LogP contribution in [0.15, 0.2) is 42.7 Å². The minimum absolute atomic E-state index is 0.0660. The molecular formula is C16H10F6N2O3. The van der Waals surface area contributed by atoms with Crippen LogP contribution in [0.2, 0.25) is 0 Å². The second-order valence-electron chi connectivity index (χ2n) is 5.15. The van der Waals surface area contributed by atoms with Crippen LogP contribution in [0, 0.1) is 0 Å². The number of pyridine rings is 1. The van der Waals surface area contributed by atoms with Gasteiger partial charge in [-0.1, -0.05) is 0 Å². The van der Waals surface area contributed by atoms with Gasteiger partial charge in [0.25, 0.3) is 5.91 Å². The van der Waals surface area contributed by atoms with Crippen molar-refractivity contribution in [3.05, 3.63) is 59.4 Å². The first kappa shape index (κ1) is 20.2. The van der Waals surface area contributed by atoms with Gasteiger partial charge in [-0.25, -0.2) is 4.79 Å². The van der Waals surface area contributed by atoms with Crippen molar-refractivity contribution >= 4 is 17.6 Å². The number of halogens is 6. The fourth-order valence-electron chi connectivity index (χ4n) is 1.93. The van der Waals surface area contributed by atoms with Crippen LogP contribution in [0.5, 0.6) is 0 Å². The zero-order chi connectivity index (χ0) is 20.2. The molecule has 1 amide bonds. The molecule has 11 heteroatoms. The number of anilines is 1. The van der Waals surface area contributed by atoms with Crippen molar-refractivity contribution in [2.75, 3.05) is 11.9 Å². The molecule has 2 aromatic rings. The van der Waals surface area contributed by atoms with E-state index in [-0.39, 0.29) is 11.6 Å². The van der Waals surface area contributed by atoms with E-state index in [9.17, 15) is 35.9 Å². The quantitative estimate of drug-likeness (QED) is 0.633. The zero-order valence-electron chi connectivity index (χ0n) is 13.2. The fourth-order valence-corrected chi connectivity index (χ4v) is 1.93. The van der Waals surface area contributed by atoms with Gasteiger partial charge in [-0.05, 0) is 30.3 Å². The van der Waals surface area contributed by atoms with Crippen molar-refractivity contribution in [2.45, 2.75) is 12.4 Å². The van der Waals surface area contributed by atoms with Crippen LogP contribution in [-0.2, 0) is 21.9 Å². The van der Waals surface area contributed by atoms with E-state index < -0.39 is 47.7 Å². The number of hydrogen-bond donors (Lipinski definition) is 1. The summed E-state index contributed by atoms with van der Waals surface area (Å²) in [6.07, 6.45) is -7.51. The number of rotatable bonds is 4. The number of aromatic nitrogens is 1. The molecule has 0 aliphatic rings. The van der Waals surface area contributed by atoms with Gasteiger partial charge >= 0.3 is 18.3 Å². The number of carbonyl (C=O) groups is 2. The number of benzene rings is 1. The molecule has 1 heterocycles. The summed E-state index contributed by atoms with van der Waals surface area (Å²) in [7, 11) is 0. The Balaban J connectivity index is 2.11. The number of nitrogens with zero attached hydrogens (tertiary/aromatic N) is 1. The maximum atomic E-state index is 12.8. The molecule has 0 bridgehead atoms. The predicted molar refractivity (Wildman–Crippen MR) is 79.6 cm³/mol. The molecule has 144 valence electrons. The highest BCUT2D eigenvalue weighted by atomic mass is 19.4. The number of alkyl halides is 6. The lowest BCUT2D eigenvalue weighted by Gasteiger charge is -2.14. The van der Waals surface area contributed by atoms with Crippen LogP contribution < -0.4 is 5.32 Å². The maximum absolute atomic E-state index is 12.8. The van der Waals surface area contributed by atoms with Gasteiger partial charge in [-0.15, -0.1) is 0 Å². The zero-order valence-corrected chi connectivity index (χ0v) is 13.2. The summed E-state index contributed by atoms with van der Waals surface area (Å²) in [5.41, 5.74) is -3.83. The van der Waals surface area contributed by atoms with Crippen molar-refractivity contribution in [1.29, 1.82) is 0 Å². The molecule has 0 aliphatic heterocycles. The second-order valence-corrected chi connectivity index (χ2v) is 5.15. The van der Waals surface area contributed by atoms with Crippen molar-refractivity contribution in [1.82, 2.24) is 4.98 Å². The molecule has 0 atom stereocenters. The van der Waals surface area contributed by atoms with E-state index in [1.807, 2.05) is 5.32 Å². The molecule has 2 rings (SSSR count). The summed E-state index contributed by atoms with van der Waals surface area (Å²) in [6, 6.07) is 3.21. The van der Waals surface area contributed by atoms with E-state index in [2.05, 4.69) is 9.72 Å². The Kier molecular flexibility index (Phi) is 5.72. The molecule has 27 heavy (non-hydrogen) atoms. The van der Waals surface area contributed by atoms with Crippen LogP contribution >= 0.6 is 0 Å². The Morgan fingerprint density at radius 3 is 1.93 bits per heavy atom. The highest BCUT2D eigenvalue weighted by Gasteiger charge is 2.37. The number of amides is 1. The van der Waals surface area contributed by atoms with Gasteiger partial charge in [-0.2, -0.15) is 26.3 Å². The lowest BCUT2D eigenvalue weighted by Crippen LogP contribution is -2.22. The SMILES string of the molecule is O=C(COC(=O)c1ccncc1)Nc1cc(C(F)(F)F)cc(C(F)(F)F)c1. The van der Waals surface area contributed by atoms with Crippen LogP contribution in [0.4, 0.5) is 32.0 Å². The summed E-state index contributed by atoms with van der Waals surface area (Å²) >= 11 is 0. The van der Waals surface area contributed by atoms with Crippen molar-refractivity contribution in [3.63, 3.8) is 0 Å². The van der Waals surface area contributed by atoms with E-state index in [1.165, 1.54) is 24.5 Å². The molecule has 1 N–H and O–H groups in total. The second kappa shape index (κ2) is 7.64. The predicted octanol–water partition coefficient (Wildman–Crippen LogP) is 3.91. The van der Waals surface area contributed by atoms with Crippen molar-refractivity contribution < 1.29 is 40.7 Å². The van der Waals surface area contributed by atoms with Gasteiger partial charge in [0.05, 0.1) is 16.7 Å². The fraction of sp³-hybridized carbons (Fsp3) is 0.188. The van der Waals surface area contributed by atoms with Gasteiger partial charge in [0.1, 0.15) is 0 Å². The highest BCUT2D eigenvalue weighted by molar-refractivity contribution is 5.95. The number of esters is 1. The van der Waals surface area contributed by atoms with E-state index in [4.69, 9.17) is 0 Å². The summed E-state index contributed by atoms with van der Waals surface area (Å²) in [4.78, 5) is 27.0. The maximum Gasteiger partial charge on any atom is 0.416 e. The third-order valence-electron chi connectivity index (χ3n) is 3.12. The molecule has 0 unspecified atom stereocenters. The summed E-state index contributed by atoms with van der Waals surface area (Å²) in [5.74, 6) is -2.02. The normalized spacial score (nSPS) is 11.8. The lowest BCUT2D eigenvalue weighted by molar-refractivity contribution is -0.143. The van der Waals surface area contributed by atoms with Crippen molar-refractivity contribution in [3.8, 4) is 0 Å². The van der Waals surface area contributed by atoms with Gasteiger partial charge in [0, 0.05) is 18.1 Å². The molecule has 0 radical (unpaired) electrons.